The molecule has 7 rings (SSSR count). The van der Waals surface area contributed by atoms with Crippen molar-refractivity contribution in [1.82, 2.24) is 25.5 Å². The second-order valence-electron chi connectivity index (χ2n) is 13.5. The summed E-state index contributed by atoms with van der Waals surface area (Å²) in [5, 5.41) is 13.8. The smallest absolute Gasteiger partial charge is 0.262 e. The number of aromatic nitrogens is 2. The molecule has 0 spiro atoms. The number of hydrogen-bond donors (Lipinski definition) is 4. The summed E-state index contributed by atoms with van der Waals surface area (Å²) >= 11 is 6.48. The van der Waals surface area contributed by atoms with Crippen molar-refractivity contribution in [3.63, 3.8) is 0 Å². The summed E-state index contributed by atoms with van der Waals surface area (Å²) in [6, 6.07) is 15.4. The van der Waals surface area contributed by atoms with E-state index in [0.29, 0.717) is 28.2 Å². The number of hydrogen-bond acceptors (Lipinski definition) is 11. The third-order valence-electron chi connectivity index (χ3n) is 9.86. The molecule has 54 heavy (non-hydrogen) atoms. The maximum atomic E-state index is 15.2. The van der Waals surface area contributed by atoms with Crippen molar-refractivity contribution in [2.45, 2.75) is 44.3 Å². The van der Waals surface area contributed by atoms with Crippen LogP contribution in [-0.2, 0) is 16.1 Å². The molecule has 3 aliphatic heterocycles. The molecule has 3 aliphatic rings. The zero-order chi connectivity index (χ0) is 38.1. The average molecular weight is 773 g/mol. The van der Waals surface area contributed by atoms with Crippen molar-refractivity contribution in [1.29, 1.82) is 0 Å². The van der Waals surface area contributed by atoms with Crippen molar-refractivity contribution < 1.29 is 28.3 Å². The second-order valence-corrected chi connectivity index (χ2v) is 16.2. The highest BCUT2D eigenvalue weighted by Crippen LogP contribution is 2.35. The molecule has 2 saturated heterocycles. The Bertz CT molecular complexity index is 2150. The molecule has 1 aromatic heterocycles. The predicted molar refractivity (Wildman–Crippen MR) is 207 cm³/mol. The molecule has 1 unspecified atom stereocenters. The summed E-state index contributed by atoms with van der Waals surface area (Å²) in [6.07, 6.45) is 3.16. The SMILES string of the molecule is COc1cc(N2CCC(NCc3cc4c(cc3F)C(=O)N(C3CCC(=O)NC3=O)C4=O)CC2)ccc1Nc1ncc(Cl)c(Nc2ccccc2P(C)C)n1. The number of methoxy groups -OCH3 is 1. The first-order valence-electron chi connectivity index (χ1n) is 17.5. The number of carbonyl (C=O) groups excluding carboxylic acids is 4. The Morgan fingerprint density at radius 1 is 0.963 bits per heavy atom. The standard InChI is InChI=1S/C38H39ClFN8O5P/c1-53-31-17-23(8-9-28(31)44-38-42-20-26(39)34(46-38)43-29-6-4-5-7-32(29)54(2)3)47-14-12-22(13-15-47)41-19-21-16-24-25(18-27(21)40)37(52)48(36(24)51)30-10-11-33(49)45-35(30)50/h4-9,16-18,20,22,30,41H,10-15,19H2,1-3H3,(H,45,49,50)(H2,42,43,44,46). The summed E-state index contributed by atoms with van der Waals surface area (Å²) < 4.78 is 20.9. The van der Waals surface area contributed by atoms with Gasteiger partial charge in [0.1, 0.15) is 22.6 Å². The Kier molecular flexibility index (Phi) is 10.8. The van der Waals surface area contributed by atoms with Crippen LogP contribution in [0.3, 0.4) is 0 Å². The quantitative estimate of drug-likeness (QED) is 0.116. The lowest BCUT2D eigenvalue weighted by atomic mass is 10.0. The van der Waals surface area contributed by atoms with Crippen molar-refractivity contribution in [3.05, 3.63) is 88.3 Å². The van der Waals surface area contributed by atoms with Crippen LogP contribution in [0.4, 0.5) is 33.2 Å². The van der Waals surface area contributed by atoms with Crippen LogP contribution < -0.4 is 36.2 Å². The van der Waals surface area contributed by atoms with Gasteiger partial charge in [0.05, 0.1) is 30.1 Å². The molecule has 2 fully saturated rings. The van der Waals surface area contributed by atoms with Gasteiger partial charge >= 0.3 is 0 Å². The highest BCUT2D eigenvalue weighted by Gasteiger charge is 2.45. The number of anilines is 5. The fourth-order valence-corrected chi connectivity index (χ4v) is 8.11. The number of nitrogens with one attached hydrogen (secondary N) is 4. The number of piperidine rings is 2. The molecule has 4 N–H and O–H groups in total. The first-order chi connectivity index (χ1) is 26.0. The second kappa shape index (κ2) is 15.7. The van der Waals surface area contributed by atoms with Crippen LogP contribution in [0.5, 0.6) is 5.75 Å². The lowest BCUT2D eigenvalue weighted by Gasteiger charge is -2.34. The van der Waals surface area contributed by atoms with Crippen LogP contribution in [0.15, 0.2) is 60.8 Å². The highest BCUT2D eigenvalue weighted by atomic mass is 35.5. The first-order valence-corrected chi connectivity index (χ1v) is 20.2. The Labute approximate surface area is 317 Å². The summed E-state index contributed by atoms with van der Waals surface area (Å²) in [6.45, 7) is 6.02. The van der Waals surface area contributed by atoms with Crippen molar-refractivity contribution in [2.75, 3.05) is 49.1 Å². The van der Waals surface area contributed by atoms with Gasteiger partial charge in [0.25, 0.3) is 11.8 Å². The van der Waals surface area contributed by atoms with Crippen LogP contribution in [0.1, 0.15) is 52.0 Å². The number of rotatable bonds is 11. The van der Waals surface area contributed by atoms with Crippen LogP contribution in [0.2, 0.25) is 5.02 Å². The maximum Gasteiger partial charge on any atom is 0.262 e. The van der Waals surface area contributed by atoms with Crippen LogP contribution >= 0.6 is 19.5 Å². The van der Waals surface area contributed by atoms with Gasteiger partial charge in [-0.05, 0) is 68.2 Å². The van der Waals surface area contributed by atoms with E-state index in [2.05, 4.69) is 55.5 Å². The molecule has 0 bridgehead atoms. The zero-order valence-electron chi connectivity index (χ0n) is 29.9. The van der Waals surface area contributed by atoms with Gasteiger partial charge in [-0.25, -0.2) is 9.37 Å². The maximum absolute atomic E-state index is 15.2. The Morgan fingerprint density at radius 2 is 1.70 bits per heavy atom. The first kappa shape index (κ1) is 37.2. The highest BCUT2D eigenvalue weighted by molar-refractivity contribution is 7.64. The molecule has 4 heterocycles. The normalized spacial score (nSPS) is 17.6. The van der Waals surface area contributed by atoms with E-state index in [1.807, 2.05) is 36.4 Å². The van der Waals surface area contributed by atoms with Gasteiger partial charge in [-0.1, -0.05) is 37.7 Å². The van der Waals surface area contributed by atoms with E-state index in [-0.39, 0.29) is 50.0 Å². The molecule has 3 aromatic carbocycles. The predicted octanol–water partition coefficient (Wildman–Crippen LogP) is 5.29. The molecule has 280 valence electrons. The number of carbonyl (C=O) groups is 4. The molecule has 4 aromatic rings. The summed E-state index contributed by atoms with van der Waals surface area (Å²) in [5.74, 6) is -1.72. The number of ether oxygens (including phenoxy) is 1. The van der Waals surface area contributed by atoms with E-state index in [4.69, 9.17) is 16.3 Å². The van der Waals surface area contributed by atoms with Gasteiger partial charge < -0.3 is 25.6 Å². The lowest BCUT2D eigenvalue weighted by Crippen LogP contribution is -2.54. The molecule has 0 radical (unpaired) electrons. The minimum absolute atomic E-state index is 0.0104. The van der Waals surface area contributed by atoms with Gasteiger partial charge in [0, 0.05) is 55.1 Å². The molecule has 13 nitrogen and oxygen atoms in total. The van der Waals surface area contributed by atoms with E-state index >= 15 is 4.39 Å². The summed E-state index contributed by atoms with van der Waals surface area (Å²) in [5.41, 5.74) is 2.85. The van der Waals surface area contributed by atoms with Gasteiger partial charge in [0.2, 0.25) is 17.8 Å². The van der Waals surface area contributed by atoms with Gasteiger partial charge in [-0.3, -0.25) is 29.4 Å². The fourth-order valence-electron chi connectivity index (χ4n) is 6.98. The largest absolute Gasteiger partial charge is 0.494 e. The van der Waals surface area contributed by atoms with Crippen LogP contribution in [0.25, 0.3) is 0 Å². The van der Waals surface area contributed by atoms with E-state index in [1.54, 1.807) is 13.3 Å². The number of para-hydroxylation sites is 1. The van der Waals surface area contributed by atoms with E-state index in [1.165, 1.54) is 11.4 Å². The third-order valence-corrected chi connectivity index (χ3v) is 11.5. The lowest BCUT2D eigenvalue weighted by molar-refractivity contribution is -0.136. The number of halogens is 2. The minimum atomic E-state index is -1.11. The van der Waals surface area contributed by atoms with Crippen LogP contribution in [-0.4, -0.2) is 84.1 Å². The molecule has 1 atom stereocenters. The van der Waals surface area contributed by atoms with Crippen molar-refractivity contribution in [3.8, 4) is 5.75 Å². The molecule has 16 heteroatoms. The van der Waals surface area contributed by atoms with E-state index < -0.39 is 35.5 Å². The third kappa shape index (κ3) is 7.59. The monoisotopic (exact) mass is 772 g/mol. The number of amides is 4. The van der Waals surface area contributed by atoms with E-state index in [9.17, 15) is 19.2 Å². The Morgan fingerprint density at radius 3 is 2.43 bits per heavy atom. The molecule has 0 aliphatic carbocycles. The van der Waals surface area contributed by atoms with Crippen molar-refractivity contribution in [2.24, 2.45) is 0 Å². The Balaban J connectivity index is 0.958. The van der Waals surface area contributed by atoms with Crippen LogP contribution in [0, 0.1) is 5.82 Å². The van der Waals surface area contributed by atoms with E-state index in [0.717, 1.165) is 48.3 Å². The fraction of sp³-hybridized carbons (Fsp3) is 0.316. The number of imide groups is 2. The molecule has 4 amide bonds. The minimum Gasteiger partial charge on any atom is -0.494 e. The average Bonchev–Trinajstić information content (AvgIpc) is 3.39. The topological polar surface area (TPSA) is 158 Å². The van der Waals surface area contributed by atoms with Gasteiger partial charge in [-0.15, -0.1) is 0 Å². The molecular weight excluding hydrogens is 734 g/mol. The number of benzene rings is 3. The molecular formula is C38H39ClFN8O5P. The van der Waals surface area contributed by atoms with Gasteiger partial charge in [0.15, 0.2) is 5.82 Å². The Hall–Kier alpha value is -5.17. The van der Waals surface area contributed by atoms with Crippen molar-refractivity contribution >= 4 is 77.3 Å². The summed E-state index contributed by atoms with van der Waals surface area (Å²) in [4.78, 5) is 62.3. The number of nitrogens with zero attached hydrogens (tertiary/aromatic N) is 4. The zero-order valence-corrected chi connectivity index (χ0v) is 31.6. The molecule has 0 saturated carbocycles. The summed E-state index contributed by atoms with van der Waals surface area (Å²) in [7, 11) is 1.26. The number of fused-ring (bicyclic) bond motifs is 1. The van der Waals surface area contributed by atoms with Gasteiger partial charge in [-0.2, -0.15) is 4.98 Å².